The van der Waals surface area contributed by atoms with Gasteiger partial charge in [0, 0.05) is 23.1 Å². The third-order valence-electron chi connectivity index (χ3n) is 2.53. The highest BCUT2D eigenvalue weighted by molar-refractivity contribution is 6.31. The minimum Gasteiger partial charge on any atom is -0.504 e. The number of nitrogens with two attached hydrogens (primary N) is 1. The first-order valence-corrected chi connectivity index (χ1v) is 5.29. The number of hydrogen-bond acceptors (Lipinski definition) is 4. The molecular formula is C11H14ClNO4. The van der Waals surface area contributed by atoms with Crippen molar-refractivity contribution in [3.63, 3.8) is 0 Å². The molecule has 0 spiro atoms. The summed E-state index contributed by atoms with van der Waals surface area (Å²) in [5, 5.41) is 18.8. The summed E-state index contributed by atoms with van der Waals surface area (Å²) in [7, 11) is 1.39. The number of carboxylic acid groups (broad SMARTS) is 1. The Morgan fingerprint density at radius 1 is 1.65 bits per heavy atom. The van der Waals surface area contributed by atoms with Gasteiger partial charge in [0.2, 0.25) is 0 Å². The van der Waals surface area contributed by atoms with Crippen molar-refractivity contribution in [2.45, 2.75) is 19.4 Å². The first kappa shape index (κ1) is 13.6. The SMILES string of the molecule is COc1c(O)cc(Cl)c(C)c1CC(N)C(=O)O. The minimum atomic E-state index is -1.12. The van der Waals surface area contributed by atoms with Crippen molar-refractivity contribution in [3.05, 3.63) is 22.2 Å². The maximum absolute atomic E-state index is 10.7. The Bertz CT molecular complexity index is 448. The van der Waals surface area contributed by atoms with E-state index in [2.05, 4.69) is 0 Å². The number of benzene rings is 1. The molecule has 94 valence electrons. The van der Waals surface area contributed by atoms with Crippen LogP contribution in [0.1, 0.15) is 11.1 Å². The van der Waals surface area contributed by atoms with Crippen molar-refractivity contribution in [2.24, 2.45) is 5.73 Å². The summed E-state index contributed by atoms with van der Waals surface area (Å²) < 4.78 is 5.04. The number of aliphatic carboxylic acids is 1. The van der Waals surface area contributed by atoms with Crippen LogP contribution < -0.4 is 10.5 Å². The van der Waals surface area contributed by atoms with Gasteiger partial charge in [-0.2, -0.15) is 0 Å². The van der Waals surface area contributed by atoms with Crippen LogP contribution in [0.2, 0.25) is 5.02 Å². The molecule has 1 aromatic rings. The van der Waals surface area contributed by atoms with E-state index in [0.717, 1.165) is 0 Å². The Morgan fingerprint density at radius 3 is 2.71 bits per heavy atom. The lowest BCUT2D eigenvalue weighted by Crippen LogP contribution is -2.32. The number of aromatic hydroxyl groups is 1. The van der Waals surface area contributed by atoms with Crippen LogP contribution in [-0.4, -0.2) is 29.3 Å². The van der Waals surface area contributed by atoms with E-state index in [1.807, 2.05) is 0 Å². The van der Waals surface area contributed by atoms with Crippen LogP contribution in [0.5, 0.6) is 11.5 Å². The smallest absolute Gasteiger partial charge is 0.320 e. The summed E-state index contributed by atoms with van der Waals surface area (Å²) in [5.74, 6) is -1.04. The lowest BCUT2D eigenvalue weighted by Gasteiger charge is -2.16. The number of carbonyl (C=O) groups is 1. The predicted octanol–water partition coefficient (Wildman–Crippen LogP) is 1.32. The number of ether oxygens (including phenoxy) is 1. The van der Waals surface area contributed by atoms with Crippen molar-refractivity contribution in [1.29, 1.82) is 0 Å². The van der Waals surface area contributed by atoms with Crippen molar-refractivity contribution in [3.8, 4) is 11.5 Å². The van der Waals surface area contributed by atoms with Crippen LogP contribution >= 0.6 is 11.6 Å². The molecule has 0 aliphatic rings. The molecule has 4 N–H and O–H groups in total. The molecule has 5 nitrogen and oxygen atoms in total. The number of rotatable bonds is 4. The summed E-state index contributed by atoms with van der Waals surface area (Å²) in [6.45, 7) is 1.72. The molecule has 0 heterocycles. The highest BCUT2D eigenvalue weighted by atomic mass is 35.5. The molecule has 0 bridgehead atoms. The van der Waals surface area contributed by atoms with Crippen molar-refractivity contribution in [2.75, 3.05) is 7.11 Å². The lowest BCUT2D eigenvalue weighted by molar-refractivity contribution is -0.138. The number of hydrogen-bond donors (Lipinski definition) is 3. The van der Waals surface area contributed by atoms with E-state index < -0.39 is 12.0 Å². The Balaban J connectivity index is 3.25. The van der Waals surface area contributed by atoms with Gasteiger partial charge < -0.3 is 20.7 Å². The maximum atomic E-state index is 10.7. The third-order valence-corrected chi connectivity index (χ3v) is 2.92. The fourth-order valence-corrected chi connectivity index (χ4v) is 1.76. The first-order chi connectivity index (χ1) is 7.88. The lowest BCUT2D eigenvalue weighted by atomic mass is 9.99. The Morgan fingerprint density at radius 2 is 2.24 bits per heavy atom. The van der Waals surface area contributed by atoms with Crippen LogP contribution in [0.3, 0.4) is 0 Å². The molecule has 6 heteroatoms. The largest absolute Gasteiger partial charge is 0.504 e. The van der Waals surface area contributed by atoms with Crippen LogP contribution in [0.25, 0.3) is 0 Å². The quantitative estimate of drug-likeness (QED) is 0.758. The molecule has 0 aliphatic carbocycles. The Labute approximate surface area is 104 Å². The standard InChI is InChI=1S/C11H14ClNO4/c1-5-6(3-8(13)11(15)16)10(17-2)9(14)4-7(5)12/h4,8,14H,3,13H2,1-2H3,(H,15,16). The minimum absolute atomic E-state index is 0.0401. The van der Waals surface area contributed by atoms with Crippen LogP contribution in [0.15, 0.2) is 6.07 Å². The molecule has 0 saturated heterocycles. The topological polar surface area (TPSA) is 92.8 Å². The zero-order valence-electron chi connectivity index (χ0n) is 9.53. The van der Waals surface area contributed by atoms with Crippen LogP contribution in [-0.2, 0) is 11.2 Å². The molecule has 1 unspecified atom stereocenters. The molecule has 0 fully saturated rings. The van der Waals surface area contributed by atoms with Crippen molar-refractivity contribution in [1.82, 2.24) is 0 Å². The summed E-state index contributed by atoms with van der Waals surface area (Å²) in [4.78, 5) is 10.7. The third kappa shape index (κ3) is 2.81. The molecule has 17 heavy (non-hydrogen) atoms. The molecule has 0 aromatic heterocycles. The van der Waals surface area contributed by atoms with Gasteiger partial charge in [-0.25, -0.2) is 0 Å². The molecule has 1 aromatic carbocycles. The number of methoxy groups -OCH3 is 1. The van der Waals surface area contributed by atoms with E-state index >= 15 is 0 Å². The van der Waals surface area contributed by atoms with Crippen LogP contribution in [0, 0.1) is 6.92 Å². The number of phenols is 1. The first-order valence-electron chi connectivity index (χ1n) is 4.91. The van der Waals surface area contributed by atoms with Gasteiger partial charge >= 0.3 is 5.97 Å². The molecule has 0 radical (unpaired) electrons. The molecule has 1 atom stereocenters. The molecule has 0 aliphatic heterocycles. The van der Waals surface area contributed by atoms with E-state index in [9.17, 15) is 9.90 Å². The monoisotopic (exact) mass is 259 g/mol. The van der Waals surface area contributed by atoms with Gasteiger partial charge in [0.05, 0.1) is 7.11 Å². The number of carboxylic acids is 1. The van der Waals surface area contributed by atoms with Gasteiger partial charge in [-0.15, -0.1) is 0 Å². The number of halogens is 1. The van der Waals surface area contributed by atoms with Crippen molar-refractivity contribution >= 4 is 17.6 Å². The second kappa shape index (κ2) is 5.25. The van der Waals surface area contributed by atoms with Gasteiger partial charge in [-0.1, -0.05) is 11.6 Å². The maximum Gasteiger partial charge on any atom is 0.320 e. The van der Waals surface area contributed by atoms with E-state index in [1.54, 1.807) is 6.92 Å². The van der Waals surface area contributed by atoms with Gasteiger partial charge in [0.15, 0.2) is 11.5 Å². The zero-order chi connectivity index (χ0) is 13.2. The fraction of sp³-hybridized carbons (Fsp3) is 0.364. The van der Waals surface area contributed by atoms with Crippen molar-refractivity contribution < 1.29 is 19.7 Å². The second-order valence-electron chi connectivity index (χ2n) is 3.66. The Kier molecular flexibility index (Phi) is 4.20. The molecule has 0 amide bonds. The second-order valence-corrected chi connectivity index (χ2v) is 4.07. The summed E-state index contributed by atoms with van der Waals surface area (Å²) >= 11 is 5.91. The van der Waals surface area contributed by atoms with E-state index in [-0.39, 0.29) is 17.9 Å². The van der Waals surface area contributed by atoms with Crippen LogP contribution in [0.4, 0.5) is 0 Å². The van der Waals surface area contributed by atoms with E-state index in [4.69, 9.17) is 27.2 Å². The van der Waals surface area contributed by atoms with E-state index in [0.29, 0.717) is 16.1 Å². The van der Waals surface area contributed by atoms with Gasteiger partial charge in [0.25, 0.3) is 0 Å². The van der Waals surface area contributed by atoms with E-state index in [1.165, 1.54) is 13.2 Å². The van der Waals surface area contributed by atoms with Gasteiger partial charge in [-0.3, -0.25) is 4.79 Å². The summed E-state index contributed by atoms with van der Waals surface area (Å²) in [5.41, 5.74) is 6.62. The highest BCUT2D eigenvalue weighted by Crippen LogP contribution is 2.37. The molecule has 0 saturated carbocycles. The highest BCUT2D eigenvalue weighted by Gasteiger charge is 2.20. The predicted molar refractivity (Wildman–Crippen MR) is 63.7 cm³/mol. The molecule has 1 rings (SSSR count). The number of phenolic OH excluding ortho intramolecular Hbond substituents is 1. The average molecular weight is 260 g/mol. The summed E-state index contributed by atoms with van der Waals surface area (Å²) in [6, 6.07) is 0.284. The normalized spacial score (nSPS) is 12.2. The Hall–Kier alpha value is -1.46. The fourth-order valence-electron chi connectivity index (χ4n) is 1.54. The van der Waals surface area contributed by atoms with Gasteiger partial charge in [-0.05, 0) is 12.5 Å². The zero-order valence-corrected chi connectivity index (χ0v) is 10.3. The van der Waals surface area contributed by atoms with Gasteiger partial charge in [0.1, 0.15) is 6.04 Å². The summed E-state index contributed by atoms with van der Waals surface area (Å²) in [6.07, 6.45) is 0.0401. The molecular weight excluding hydrogens is 246 g/mol. The average Bonchev–Trinajstić information content (AvgIpc) is 2.25.